The van der Waals surface area contributed by atoms with Crippen molar-refractivity contribution in [3.8, 4) is 5.75 Å². The topological polar surface area (TPSA) is 70.1 Å². The lowest BCUT2D eigenvalue weighted by atomic mass is 9.94. The number of amides is 1. The van der Waals surface area contributed by atoms with Crippen LogP contribution in [0, 0.1) is 12.7 Å². The van der Waals surface area contributed by atoms with Crippen LogP contribution >= 0.6 is 0 Å². The fraction of sp³-hybridized carbons (Fsp3) is 0.308. The third-order valence-electron chi connectivity index (χ3n) is 5.54. The Labute approximate surface area is 193 Å². The van der Waals surface area contributed by atoms with E-state index in [-0.39, 0.29) is 11.3 Å². The van der Waals surface area contributed by atoms with Gasteiger partial charge in [0.1, 0.15) is 23.9 Å². The monoisotopic (exact) mass is 452 g/mol. The van der Waals surface area contributed by atoms with E-state index in [1.54, 1.807) is 24.3 Å². The van der Waals surface area contributed by atoms with Gasteiger partial charge in [-0.05, 0) is 75.4 Å². The van der Waals surface area contributed by atoms with Gasteiger partial charge in [-0.25, -0.2) is 4.39 Å². The smallest absolute Gasteiger partial charge is 0.295 e. The van der Waals surface area contributed by atoms with Crippen LogP contribution in [0.4, 0.5) is 4.39 Å². The number of nitrogens with zero attached hydrogens (tertiary/aromatic N) is 2. The average molecular weight is 453 g/mol. The lowest BCUT2D eigenvalue weighted by Crippen LogP contribution is -2.32. The zero-order valence-electron chi connectivity index (χ0n) is 19.2. The summed E-state index contributed by atoms with van der Waals surface area (Å²) in [5, 5.41) is 11.2. The van der Waals surface area contributed by atoms with Crippen LogP contribution in [0.3, 0.4) is 0 Å². The highest BCUT2D eigenvalue weighted by Crippen LogP contribution is 2.40. The number of benzene rings is 2. The van der Waals surface area contributed by atoms with Gasteiger partial charge in [0.05, 0.1) is 11.6 Å². The molecule has 0 radical (unpaired) electrons. The highest BCUT2D eigenvalue weighted by Gasteiger charge is 2.45. The van der Waals surface area contributed by atoms with Gasteiger partial charge >= 0.3 is 0 Å². The van der Waals surface area contributed by atoms with Crippen molar-refractivity contribution in [3.63, 3.8) is 0 Å². The van der Waals surface area contributed by atoms with E-state index in [1.807, 2.05) is 25.9 Å². The van der Waals surface area contributed by atoms with Crippen LogP contribution in [-0.2, 0) is 9.59 Å². The van der Waals surface area contributed by atoms with Gasteiger partial charge in [-0.2, -0.15) is 0 Å². The molecular formula is C26H29FN2O4. The Morgan fingerprint density at radius 2 is 1.91 bits per heavy atom. The van der Waals surface area contributed by atoms with E-state index in [1.165, 1.54) is 29.2 Å². The number of hydrogen-bond acceptors (Lipinski definition) is 5. The first-order chi connectivity index (χ1) is 15.7. The number of hydrogen-bond donors (Lipinski definition) is 1. The molecule has 1 aliphatic rings. The van der Waals surface area contributed by atoms with E-state index in [9.17, 15) is 19.1 Å². The van der Waals surface area contributed by atoms with Gasteiger partial charge < -0.3 is 19.6 Å². The van der Waals surface area contributed by atoms with Crippen molar-refractivity contribution in [2.45, 2.75) is 19.4 Å². The number of rotatable bonds is 9. The van der Waals surface area contributed by atoms with E-state index in [2.05, 4.69) is 6.58 Å². The van der Waals surface area contributed by atoms with Crippen molar-refractivity contribution >= 4 is 17.4 Å². The number of likely N-dealkylation sites (tertiary alicyclic amines) is 1. The van der Waals surface area contributed by atoms with Crippen molar-refractivity contribution in [1.29, 1.82) is 0 Å². The predicted molar refractivity (Wildman–Crippen MR) is 125 cm³/mol. The Morgan fingerprint density at radius 1 is 1.21 bits per heavy atom. The molecule has 2 aromatic carbocycles. The van der Waals surface area contributed by atoms with Crippen LogP contribution in [-0.4, -0.2) is 60.4 Å². The molecule has 33 heavy (non-hydrogen) atoms. The van der Waals surface area contributed by atoms with Crippen LogP contribution in [0.1, 0.15) is 29.2 Å². The Morgan fingerprint density at radius 3 is 2.52 bits per heavy atom. The maximum absolute atomic E-state index is 13.6. The van der Waals surface area contributed by atoms with E-state index < -0.39 is 23.5 Å². The molecule has 1 amide bonds. The van der Waals surface area contributed by atoms with Crippen molar-refractivity contribution in [2.24, 2.45) is 0 Å². The predicted octanol–water partition coefficient (Wildman–Crippen LogP) is 4.07. The second-order valence-electron chi connectivity index (χ2n) is 8.28. The fourth-order valence-corrected chi connectivity index (χ4v) is 3.92. The number of ketones is 1. The third-order valence-corrected chi connectivity index (χ3v) is 5.54. The Balaban J connectivity index is 2.06. The molecule has 1 atom stereocenters. The molecular weight excluding hydrogens is 423 g/mol. The first-order valence-electron chi connectivity index (χ1n) is 10.8. The molecule has 174 valence electrons. The summed E-state index contributed by atoms with van der Waals surface area (Å²) in [6.45, 7) is 6.85. The second-order valence-corrected chi connectivity index (χ2v) is 8.28. The summed E-state index contributed by atoms with van der Waals surface area (Å²) in [4.78, 5) is 29.4. The molecule has 0 aliphatic carbocycles. The summed E-state index contributed by atoms with van der Waals surface area (Å²) < 4.78 is 19.2. The summed E-state index contributed by atoms with van der Waals surface area (Å²) >= 11 is 0. The number of aryl methyl sites for hydroxylation is 1. The molecule has 0 bridgehead atoms. The number of aliphatic hydroxyl groups is 1. The molecule has 0 unspecified atom stereocenters. The summed E-state index contributed by atoms with van der Waals surface area (Å²) in [5.41, 5.74) is 1.72. The highest BCUT2D eigenvalue weighted by molar-refractivity contribution is 6.46. The van der Waals surface area contributed by atoms with Crippen molar-refractivity contribution in [1.82, 2.24) is 9.80 Å². The lowest BCUT2D eigenvalue weighted by molar-refractivity contribution is -0.139. The number of Topliss-reactive ketones (excluding diaryl/α,β-unsaturated/α-hetero) is 1. The number of halogens is 1. The van der Waals surface area contributed by atoms with Crippen LogP contribution in [0.25, 0.3) is 5.76 Å². The quantitative estimate of drug-likeness (QED) is 0.269. The minimum atomic E-state index is -0.801. The number of ether oxygens (including phenoxy) is 1. The SMILES string of the molecule is C=CCOc1ccc(C(O)=C2C(=O)C(=O)N(CCCN(C)C)[C@H]2c2ccc(F)cc2)cc1C. The van der Waals surface area contributed by atoms with Crippen LogP contribution in [0.2, 0.25) is 0 Å². The molecule has 3 rings (SSSR count). The minimum Gasteiger partial charge on any atom is -0.507 e. The van der Waals surface area contributed by atoms with Gasteiger partial charge in [0, 0.05) is 12.1 Å². The Bertz CT molecular complexity index is 1080. The largest absolute Gasteiger partial charge is 0.507 e. The summed E-state index contributed by atoms with van der Waals surface area (Å²) in [6.07, 6.45) is 2.28. The van der Waals surface area contributed by atoms with Gasteiger partial charge in [0.15, 0.2) is 0 Å². The minimum absolute atomic E-state index is 0.00405. The molecule has 1 N–H and O–H groups in total. The highest BCUT2D eigenvalue weighted by atomic mass is 19.1. The van der Waals surface area contributed by atoms with E-state index >= 15 is 0 Å². The van der Waals surface area contributed by atoms with Crippen molar-refractivity contribution in [3.05, 3.63) is 83.2 Å². The van der Waals surface area contributed by atoms with Gasteiger partial charge in [-0.3, -0.25) is 9.59 Å². The lowest BCUT2D eigenvalue weighted by Gasteiger charge is -2.26. The van der Waals surface area contributed by atoms with Gasteiger partial charge in [-0.1, -0.05) is 24.8 Å². The van der Waals surface area contributed by atoms with Gasteiger partial charge in [-0.15, -0.1) is 0 Å². The first kappa shape index (κ1) is 24.2. The van der Waals surface area contributed by atoms with Gasteiger partial charge in [0.25, 0.3) is 11.7 Å². The molecule has 1 heterocycles. The normalized spacial score (nSPS) is 17.6. The molecule has 2 aromatic rings. The molecule has 1 aliphatic heterocycles. The number of carbonyl (C=O) groups excluding carboxylic acids is 2. The molecule has 1 fully saturated rings. The summed E-state index contributed by atoms with van der Waals surface area (Å²) in [6, 6.07) is 9.89. The zero-order chi connectivity index (χ0) is 24.1. The Kier molecular flexibility index (Phi) is 7.66. The third kappa shape index (κ3) is 5.31. The molecule has 7 heteroatoms. The molecule has 6 nitrogen and oxygen atoms in total. The first-order valence-corrected chi connectivity index (χ1v) is 10.8. The molecule has 0 spiro atoms. The standard InChI is InChI=1S/C26H29FN2O4/c1-5-15-33-21-12-9-19(16-17(21)2)24(30)22-23(18-7-10-20(27)11-8-18)29(26(32)25(22)31)14-6-13-28(3)4/h5,7-12,16,23,30H,1,6,13-15H2,2-4H3/t23-/m0/s1. The van der Waals surface area contributed by atoms with Crippen LogP contribution in [0.15, 0.2) is 60.7 Å². The summed E-state index contributed by atoms with van der Waals surface area (Å²) in [7, 11) is 3.85. The number of aliphatic hydroxyl groups excluding tert-OH is 1. The average Bonchev–Trinajstić information content (AvgIpc) is 3.03. The van der Waals surface area contributed by atoms with Crippen molar-refractivity contribution < 1.29 is 23.8 Å². The van der Waals surface area contributed by atoms with Crippen LogP contribution in [0.5, 0.6) is 5.75 Å². The molecule has 1 saturated heterocycles. The number of carbonyl (C=O) groups is 2. The van der Waals surface area contributed by atoms with Gasteiger partial charge in [0.2, 0.25) is 0 Å². The van der Waals surface area contributed by atoms with E-state index in [0.717, 1.165) is 12.1 Å². The maximum atomic E-state index is 13.6. The van der Waals surface area contributed by atoms with Crippen molar-refractivity contribution in [2.75, 3.05) is 33.8 Å². The second kappa shape index (κ2) is 10.4. The van der Waals surface area contributed by atoms with E-state index in [4.69, 9.17) is 4.74 Å². The molecule has 0 aromatic heterocycles. The maximum Gasteiger partial charge on any atom is 0.295 e. The summed E-state index contributed by atoms with van der Waals surface area (Å²) in [5.74, 6) is -1.49. The molecule has 0 saturated carbocycles. The zero-order valence-corrected chi connectivity index (χ0v) is 19.2. The van der Waals surface area contributed by atoms with E-state index in [0.29, 0.717) is 36.4 Å². The Hall–Kier alpha value is -3.45. The fourth-order valence-electron chi connectivity index (χ4n) is 3.92. The van der Waals surface area contributed by atoms with Crippen LogP contribution < -0.4 is 4.74 Å².